The van der Waals surface area contributed by atoms with Crippen LogP contribution in [0.2, 0.25) is 0 Å². The van der Waals surface area contributed by atoms with Crippen molar-refractivity contribution in [2.24, 2.45) is 0 Å². The highest BCUT2D eigenvalue weighted by atomic mass is 32.1. The lowest BCUT2D eigenvalue weighted by Crippen LogP contribution is -2.67. The number of fused-ring (bicyclic) bond motifs is 1. The summed E-state index contributed by atoms with van der Waals surface area (Å²) in [6.45, 7) is 1.60. The number of halogens is 1. The molecule has 32 heavy (non-hydrogen) atoms. The van der Waals surface area contributed by atoms with Crippen LogP contribution in [0.15, 0.2) is 53.9 Å². The third-order valence-electron chi connectivity index (χ3n) is 5.74. The van der Waals surface area contributed by atoms with E-state index in [0.29, 0.717) is 16.1 Å². The van der Waals surface area contributed by atoms with Crippen LogP contribution in [-0.2, 0) is 4.79 Å². The van der Waals surface area contributed by atoms with Gasteiger partial charge in [0.05, 0.1) is 10.5 Å². The minimum atomic E-state index is -1.19. The summed E-state index contributed by atoms with van der Waals surface area (Å²) >= 11 is 1.33. The van der Waals surface area contributed by atoms with E-state index in [1.54, 1.807) is 36.6 Å². The summed E-state index contributed by atoms with van der Waals surface area (Å²) in [5.41, 5.74) is -0.198. The highest BCUT2D eigenvalue weighted by Gasteiger charge is 2.58. The number of hydrogen-bond donors (Lipinski definition) is 0. The van der Waals surface area contributed by atoms with Crippen LogP contribution >= 0.6 is 11.3 Å². The Labute approximate surface area is 184 Å². The molecule has 0 spiro atoms. The maximum atomic E-state index is 14.2. The second kappa shape index (κ2) is 7.06. The molecule has 0 aliphatic carbocycles. The fourth-order valence-electron chi connectivity index (χ4n) is 4.18. The Kier molecular flexibility index (Phi) is 4.41. The number of β-lactam (4-membered cyclic amide) rings is 1. The number of anilines is 1. The number of nitro benzene ring substituents is 1. The molecular formula is C22H14FN3O5S. The molecule has 2 aromatic carbocycles. The summed E-state index contributed by atoms with van der Waals surface area (Å²) in [6.07, 6.45) is 0. The lowest BCUT2D eigenvalue weighted by atomic mass is 9.90. The minimum absolute atomic E-state index is 0.109. The van der Waals surface area contributed by atoms with Gasteiger partial charge in [-0.2, -0.15) is 0 Å². The van der Waals surface area contributed by atoms with Crippen molar-refractivity contribution in [2.45, 2.75) is 19.0 Å². The van der Waals surface area contributed by atoms with Gasteiger partial charge in [-0.25, -0.2) is 4.39 Å². The number of imide groups is 1. The highest BCUT2D eigenvalue weighted by Crippen LogP contribution is 2.46. The number of rotatable bonds is 4. The zero-order valence-corrected chi connectivity index (χ0v) is 17.3. The quantitative estimate of drug-likeness (QED) is 0.260. The maximum Gasteiger partial charge on any atom is 0.282 e. The largest absolute Gasteiger partial charge is 0.299 e. The first-order valence-electron chi connectivity index (χ1n) is 9.59. The van der Waals surface area contributed by atoms with Gasteiger partial charge in [0, 0.05) is 16.6 Å². The summed E-state index contributed by atoms with van der Waals surface area (Å²) in [6, 6.07) is 9.78. The standard InChI is InChI=1S/C22H14FN3O5S/c1-11-7-8-12(10-14(11)23)24-18(16-6-3-9-32-16)19(22(24)29)25-20(27)13-4-2-5-15(26(30)31)17(13)21(25)28/h2-10,18-19H,1H3/t18-,19-/m0/s1. The summed E-state index contributed by atoms with van der Waals surface area (Å²) in [5, 5.41) is 13.2. The van der Waals surface area contributed by atoms with Crippen LogP contribution in [0.4, 0.5) is 15.8 Å². The number of nitrogens with zero attached hydrogens (tertiary/aromatic N) is 3. The molecule has 2 aliphatic rings. The van der Waals surface area contributed by atoms with Crippen LogP contribution in [0.3, 0.4) is 0 Å². The third-order valence-corrected chi connectivity index (χ3v) is 6.68. The number of aryl methyl sites for hydroxylation is 1. The predicted octanol–water partition coefficient (Wildman–Crippen LogP) is 3.86. The first-order valence-corrected chi connectivity index (χ1v) is 10.5. The second-order valence-electron chi connectivity index (χ2n) is 7.48. The van der Waals surface area contributed by atoms with Gasteiger partial charge >= 0.3 is 0 Å². The third kappa shape index (κ3) is 2.69. The molecule has 3 heterocycles. The van der Waals surface area contributed by atoms with E-state index >= 15 is 0 Å². The smallest absolute Gasteiger partial charge is 0.282 e. The van der Waals surface area contributed by atoms with Crippen LogP contribution in [-0.4, -0.2) is 33.6 Å². The molecule has 8 nitrogen and oxygen atoms in total. The van der Waals surface area contributed by atoms with Gasteiger partial charge < -0.3 is 0 Å². The molecule has 3 aromatic rings. The van der Waals surface area contributed by atoms with Gasteiger partial charge in [-0.05, 0) is 42.1 Å². The average Bonchev–Trinajstić information content (AvgIpc) is 3.37. The Morgan fingerprint density at radius 2 is 1.78 bits per heavy atom. The van der Waals surface area contributed by atoms with Crippen LogP contribution < -0.4 is 4.90 Å². The van der Waals surface area contributed by atoms with Gasteiger partial charge in [-0.1, -0.05) is 18.2 Å². The lowest BCUT2D eigenvalue weighted by Gasteiger charge is -2.49. The van der Waals surface area contributed by atoms with Crippen LogP contribution in [0, 0.1) is 22.9 Å². The number of amides is 3. The molecule has 3 amide bonds. The van der Waals surface area contributed by atoms with E-state index in [9.17, 15) is 28.9 Å². The number of carbonyl (C=O) groups excluding carboxylic acids is 3. The van der Waals surface area contributed by atoms with E-state index in [-0.39, 0.29) is 11.1 Å². The maximum absolute atomic E-state index is 14.2. The van der Waals surface area contributed by atoms with E-state index in [4.69, 9.17) is 0 Å². The van der Waals surface area contributed by atoms with Crippen molar-refractivity contribution in [3.05, 3.63) is 91.4 Å². The topological polar surface area (TPSA) is 101 Å². The fraction of sp³-hybridized carbons (Fsp3) is 0.136. The molecule has 0 saturated carbocycles. The molecule has 160 valence electrons. The SMILES string of the molecule is Cc1ccc(N2C(=O)[C@@H](N3C(=O)c4cccc([N+](=O)[O-])c4C3=O)[C@@H]2c2cccs2)cc1F. The average molecular weight is 451 g/mol. The summed E-state index contributed by atoms with van der Waals surface area (Å²) < 4.78 is 14.2. The van der Waals surface area contributed by atoms with Crippen molar-refractivity contribution in [2.75, 3.05) is 4.90 Å². The number of hydrogen-bond acceptors (Lipinski definition) is 6. The van der Waals surface area contributed by atoms with E-state index < -0.39 is 46.2 Å². The second-order valence-corrected chi connectivity index (χ2v) is 8.46. The highest BCUT2D eigenvalue weighted by molar-refractivity contribution is 7.10. The molecule has 5 rings (SSSR count). The minimum Gasteiger partial charge on any atom is -0.299 e. The van der Waals surface area contributed by atoms with Gasteiger partial charge in [0.15, 0.2) is 0 Å². The van der Waals surface area contributed by atoms with E-state index in [1.807, 2.05) is 0 Å². The Hall–Kier alpha value is -3.92. The van der Waals surface area contributed by atoms with Crippen molar-refractivity contribution in [1.29, 1.82) is 0 Å². The molecule has 1 saturated heterocycles. The molecule has 1 fully saturated rings. The first kappa shape index (κ1) is 20.0. The molecule has 2 aliphatic heterocycles. The molecule has 0 radical (unpaired) electrons. The molecule has 10 heteroatoms. The summed E-state index contributed by atoms with van der Waals surface area (Å²) in [5.74, 6) is -2.70. The van der Waals surface area contributed by atoms with E-state index in [2.05, 4.69) is 0 Å². The normalized spacial score (nSPS) is 19.9. The van der Waals surface area contributed by atoms with Gasteiger partial charge in [0.1, 0.15) is 23.5 Å². The van der Waals surface area contributed by atoms with Crippen molar-refractivity contribution < 1.29 is 23.7 Å². The van der Waals surface area contributed by atoms with Gasteiger partial charge in [0.25, 0.3) is 23.4 Å². The summed E-state index contributed by atoms with van der Waals surface area (Å²) in [4.78, 5) is 53.0. The Balaban J connectivity index is 1.59. The van der Waals surface area contributed by atoms with Crippen LogP contribution in [0.1, 0.15) is 37.2 Å². The van der Waals surface area contributed by atoms with Gasteiger partial charge in [-0.3, -0.25) is 34.3 Å². The number of carbonyl (C=O) groups is 3. The zero-order valence-electron chi connectivity index (χ0n) is 16.5. The Bertz CT molecular complexity index is 1320. The van der Waals surface area contributed by atoms with Crippen molar-refractivity contribution in [3.8, 4) is 0 Å². The van der Waals surface area contributed by atoms with Gasteiger partial charge in [0.2, 0.25) is 0 Å². The summed E-state index contributed by atoms with van der Waals surface area (Å²) in [7, 11) is 0. The van der Waals surface area contributed by atoms with E-state index in [1.165, 1.54) is 34.4 Å². The predicted molar refractivity (Wildman–Crippen MR) is 113 cm³/mol. The monoisotopic (exact) mass is 451 g/mol. The van der Waals surface area contributed by atoms with Crippen molar-refractivity contribution in [3.63, 3.8) is 0 Å². The van der Waals surface area contributed by atoms with Crippen LogP contribution in [0.5, 0.6) is 0 Å². The van der Waals surface area contributed by atoms with Crippen molar-refractivity contribution in [1.82, 2.24) is 4.90 Å². The Morgan fingerprint density at radius 1 is 1.00 bits per heavy atom. The molecule has 2 atom stereocenters. The molecule has 0 unspecified atom stereocenters. The number of benzene rings is 2. The van der Waals surface area contributed by atoms with Crippen molar-refractivity contribution >= 4 is 40.4 Å². The van der Waals surface area contributed by atoms with E-state index in [0.717, 1.165) is 11.0 Å². The van der Waals surface area contributed by atoms with Gasteiger partial charge in [-0.15, -0.1) is 11.3 Å². The molecule has 0 N–H and O–H groups in total. The number of thiophene rings is 1. The Morgan fingerprint density at radius 3 is 2.44 bits per heavy atom. The molecular weight excluding hydrogens is 437 g/mol. The lowest BCUT2D eigenvalue weighted by molar-refractivity contribution is -0.385. The first-order chi connectivity index (χ1) is 15.3. The zero-order chi connectivity index (χ0) is 22.7. The fourth-order valence-corrected chi connectivity index (χ4v) is 5.02. The van der Waals surface area contributed by atoms with Crippen LogP contribution in [0.25, 0.3) is 0 Å². The molecule has 1 aromatic heterocycles. The molecule has 0 bridgehead atoms. The number of nitro groups is 1.